The van der Waals surface area contributed by atoms with Crippen LogP contribution in [0.2, 0.25) is 0 Å². The van der Waals surface area contributed by atoms with Crippen molar-refractivity contribution in [2.75, 3.05) is 13.1 Å². The average molecular weight is 377 g/mol. The van der Waals surface area contributed by atoms with E-state index in [9.17, 15) is 9.59 Å². The van der Waals surface area contributed by atoms with Gasteiger partial charge in [-0.1, -0.05) is 30.3 Å². The number of hydrogen-bond acceptors (Lipinski definition) is 2. The van der Waals surface area contributed by atoms with Crippen molar-refractivity contribution in [1.29, 1.82) is 0 Å². The number of likely N-dealkylation sites (tertiary alicyclic amines) is 1. The number of carbonyl (C=O) groups is 2. The molecule has 1 saturated heterocycles. The minimum atomic E-state index is -0.821. The Morgan fingerprint density at radius 1 is 1.19 bits per heavy atom. The van der Waals surface area contributed by atoms with Gasteiger partial charge in [0.05, 0.1) is 17.5 Å². The molecule has 26 heavy (non-hydrogen) atoms. The number of hydrogen-bond donors (Lipinski definition) is 1. The lowest BCUT2D eigenvalue weighted by molar-refractivity contribution is -0.141. The lowest BCUT2D eigenvalue weighted by atomic mass is 10.1. The van der Waals surface area contributed by atoms with Gasteiger partial charge in [0.15, 0.2) is 0 Å². The monoisotopic (exact) mass is 376 g/mol. The van der Waals surface area contributed by atoms with Crippen LogP contribution in [0.15, 0.2) is 36.4 Å². The van der Waals surface area contributed by atoms with Gasteiger partial charge >= 0.3 is 5.97 Å². The molecule has 1 aliphatic rings. The second-order valence-electron chi connectivity index (χ2n) is 6.82. The molecule has 1 aromatic heterocycles. The number of halogens is 1. The maximum absolute atomic E-state index is 12.9. The van der Waals surface area contributed by atoms with Crippen LogP contribution in [0, 0.1) is 19.8 Å². The topological polar surface area (TPSA) is 62.5 Å². The van der Waals surface area contributed by atoms with E-state index in [-0.39, 0.29) is 24.4 Å². The van der Waals surface area contributed by atoms with E-state index in [4.69, 9.17) is 5.11 Å². The molecule has 1 fully saturated rings. The van der Waals surface area contributed by atoms with Crippen LogP contribution in [-0.2, 0) is 4.79 Å². The van der Waals surface area contributed by atoms with Crippen molar-refractivity contribution in [3.63, 3.8) is 0 Å². The molecule has 0 bridgehead atoms. The normalized spacial score (nSPS) is 17.7. The van der Waals surface area contributed by atoms with E-state index in [1.807, 2.05) is 38.1 Å². The van der Waals surface area contributed by atoms with Gasteiger partial charge in [-0.3, -0.25) is 9.59 Å². The highest BCUT2D eigenvalue weighted by atomic mass is 35.5. The van der Waals surface area contributed by atoms with Crippen molar-refractivity contribution in [3.05, 3.63) is 58.9 Å². The zero-order valence-corrected chi connectivity index (χ0v) is 16.1. The zero-order chi connectivity index (χ0) is 18.1. The summed E-state index contributed by atoms with van der Waals surface area (Å²) >= 11 is 0. The predicted octanol–water partition coefficient (Wildman–Crippen LogP) is 3.68. The van der Waals surface area contributed by atoms with Gasteiger partial charge in [-0.2, -0.15) is 0 Å². The van der Waals surface area contributed by atoms with Crippen LogP contribution in [0.25, 0.3) is 0 Å². The van der Waals surface area contributed by atoms with Crippen LogP contribution in [-0.4, -0.2) is 39.5 Å². The Hall–Kier alpha value is -2.27. The molecule has 6 heteroatoms. The Morgan fingerprint density at radius 3 is 2.42 bits per heavy atom. The number of aliphatic carboxylic acids is 1. The molecule has 1 aliphatic heterocycles. The number of aryl methyl sites for hydroxylation is 1. The van der Waals surface area contributed by atoms with E-state index in [1.54, 1.807) is 4.90 Å². The third-order valence-electron chi connectivity index (χ3n) is 5.21. The van der Waals surface area contributed by atoms with E-state index in [1.165, 1.54) is 5.56 Å². The molecule has 0 spiro atoms. The van der Waals surface area contributed by atoms with E-state index in [0.29, 0.717) is 25.1 Å². The first-order chi connectivity index (χ1) is 11.9. The summed E-state index contributed by atoms with van der Waals surface area (Å²) in [4.78, 5) is 25.7. The smallest absolute Gasteiger partial charge is 0.308 e. The van der Waals surface area contributed by atoms with Gasteiger partial charge in [0.25, 0.3) is 5.91 Å². The largest absolute Gasteiger partial charge is 0.481 e. The number of aromatic nitrogens is 1. The van der Waals surface area contributed by atoms with Gasteiger partial charge in [-0.25, -0.2) is 0 Å². The summed E-state index contributed by atoms with van der Waals surface area (Å²) in [5.74, 6) is -1.34. The third-order valence-corrected chi connectivity index (χ3v) is 5.21. The summed E-state index contributed by atoms with van der Waals surface area (Å²) in [6.07, 6.45) is 0.528. The molecular formula is C20H25ClN2O3. The van der Waals surface area contributed by atoms with Gasteiger partial charge in [0, 0.05) is 24.5 Å². The number of nitrogens with zero attached hydrogens (tertiary/aromatic N) is 2. The Kier molecular flexibility index (Phi) is 6.13. The average Bonchev–Trinajstić information content (AvgIpc) is 3.20. The Bertz CT molecular complexity index is 801. The molecular weight excluding hydrogens is 352 g/mol. The van der Waals surface area contributed by atoms with Crippen LogP contribution >= 0.6 is 12.4 Å². The standard InChI is InChI=1S/C20H24N2O3.ClH/c1-13-11-18(19(23)21-10-9-17(12-21)20(24)25)15(3)22(13)14(2)16-7-5-4-6-8-16;/h4-8,11,14,17H,9-10,12H2,1-3H3,(H,24,25);1H. The number of carboxylic acids is 1. The molecule has 140 valence electrons. The molecule has 5 nitrogen and oxygen atoms in total. The summed E-state index contributed by atoms with van der Waals surface area (Å²) < 4.78 is 2.17. The Labute approximate surface area is 160 Å². The molecule has 3 rings (SSSR count). The first-order valence-electron chi connectivity index (χ1n) is 8.65. The molecule has 2 atom stereocenters. The summed E-state index contributed by atoms with van der Waals surface area (Å²) in [6.45, 7) is 6.90. The molecule has 2 unspecified atom stereocenters. The number of amides is 1. The molecule has 2 aromatic rings. The van der Waals surface area contributed by atoms with E-state index in [0.717, 1.165) is 11.4 Å². The Balaban J connectivity index is 0.00000243. The highest BCUT2D eigenvalue weighted by Gasteiger charge is 2.32. The van der Waals surface area contributed by atoms with Crippen molar-refractivity contribution in [1.82, 2.24) is 9.47 Å². The quantitative estimate of drug-likeness (QED) is 0.885. The van der Waals surface area contributed by atoms with Gasteiger partial charge in [-0.05, 0) is 38.8 Å². The van der Waals surface area contributed by atoms with E-state index in [2.05, 4.69) is 23.6 Å². The zero-order valence-electron chi connectivity index (χ0n) is 15.3. The van der Waals surface area contributed by atoms with Gasteiger partial charge < -0.3 is 14.6 Å². The van der Waals surface area contributed by atoms with Crippen LogP contribution < -0.4 is 0 Å². The molecule has 0 radical (unpaired) electrons. The third kappa shape index (κ3) is 3.63. The number of benzene rings is 1. The van der Waals surface area contributed by atoms with Crippen molar-refractivity contribution in [3.8, 4) is 0 Å². The predicted molar refractivity (Wildman–Crippen MR) is 103 cm³/mol. The van der Waals surface area contributed by atoms with Gasteiger partial charge in [-0.15, -0.1) is 12.4 Å². The van der Waals surface area contributed by atoms with E-state index >= 15 is 0 Å². The Morgan fingerprint density at radius 2 is 1.85 bits per heavy atom. The first-order valence-corrected chi connectivity index (χ1v) is 8.65. The van der Waals surface area contributed by atoms with Gasteiger partial charge in [0.2, 0.25) is 0 Å². The van der Waals surface area contributed by atoms with Crippen molar-refractivity contribution < 1.29 is 14.7 Å². The highest BCUT2D eigenvalue weighted by molar-refractivity contribution is 5.96. The minimum absolute atomic E-state index is 0. The fourth-order valence-electron chi connectivity index (χ4n) is 3.79. The van der Waals surface area contributed by atoms with Crippen LogP contribution in [0.3, 0.4) is 0 Å². The second-order valence-corrected chi connectivity index (χ2v) is 6.82. The summed E-state index contributed by atoms with van der Waals surface area (Å²) in [5.41, 5.74) is 3.82. The van der Waals surface area contributed by atoms with Crippen LogP contribution in [0.1, 0.15) is 46.7 Å². The van der Waals surface area contributed by atoms with Gasteiger partial charge in [0.1, 0.15) is 0 Å². The first kappa shape index (κ1) is 20.0. The fraction of sp³-hybridized carbons (Fsp3) is 0.400. The van der Waals surface area contributed by atoms with Crippen molar-refractivity contribution >= 4 is 24.3 Å². The van der Waals surface area contributed by atoms with E-state index < -0.39 is 11.9 Å². The lowest BCUT2D eigenvalue weighted by Gasteiger charge is -2.20. The molecule has 0 aliphatic carbocycles. The molecule has 0 saturated carbocycles. The second kappa shape index (κ2) is 7.96. The maximum atomic E-state index is 12.9. The molecule has 1 amide bonds. The number of carboxylic acid groups (broad SMARTS) is 1. The van der Waals surface area contributed by atoms with Crippen molar-refractivity contribution in [2.45, 2.75) is 33.2 Å². The summed E-state index contributed by atoms with van der Waals surface area (Å²) in [7, 11) is 0. The molecule has 1 aromatic carbocycles. The van der Waals surface area contributed by atoms with Crippen LogP contribution in [0.5, 0.6) is 0 Å². The van der Waals surface area contributed by atoms with Crippen molar-refractivity contribution in [2.24, 2.45) is 5.92 Å². The highest BCUT2D eigenvalue weighted by Crippen LogP contribution is 2.27. The minimum Gasteiger partial charge on any atom is -0.481 e. The SMILES string of the molecule is Cc1cc(C(=O)N2CCC(C(=O)O)C2)c(C)n1C(C)c1ccccc1.Cl. The maximum Gasteiger partial charge on any atom is 0.308 e. The number of rotatable bonds is 4. The lowest BCUT2D eigenvalue weighted by Crippen LogP contribution is -2.30. The number of carbonyl (C=O) groups excluding carboxylic acids is 1. The molecule has 1 N–H and O–H groups in total. The fourth-order valence-corrected chi connectivity index (χ4v) is 3.79. The van der Waals surface area contributed by atoms with Crippen LogP contribution in [0.4, 0.5) is 0 Å². The molecule has 2 heterocycles. The summed E-state index contributed by atoms with van der Waals surface area (Å²) in [6, 6.07) is 12.3. The summed E-state index contributed by atoms with van der Waals surface area (Å²) in [5, 5.41) is 9.14.